The molecule has 2 aromatic carbocycles. The molecule has 3 aromatic rings. The molecule has 0 spiro atoms. The van der Waals surface area contributed by atoms with Crippen molar-refractivity contribution >= 4 is 50.3 Å². The SMILES string of the molecule is CN1c2ccccc2N(C2CCN(C(=O)c3ccc4nsnc4c3)CC2)S1(=O)=O. The Bertz CT molecular complexity index is 1200. The molecule has 0 atom stereocenters. The van der Waals surface area contributed by atoms with Crippen molar-refractivity contribution in [3.8, 4) is 0 Å². The lowest BCUT2D eigenvalue weighted by atomic mass is 10.0. The zero-order chi connectivity index (χ0) is 20.2. The number of rotatable bonds is 2. The summed E-state index contributed by atoms with van der Waals surface area (Å²) in [4.78, 5) is 14.7. The van der Waals surface area contributed by atoms with Crippen molar-refractivity contribution in [2.45, 2.75) is 18.9 Å². The van der Waals surface area contributed by atoms with Crippen molar-refractivity contribution in [3.63, 3.8) is 0 Å². The van der Waals surface area contributed by atoms with E-state index in [0.29, 0.717) is 42.9 Å². The minimum atomic E-state index is -3.58. The van der Waals surface area contributed by atoms with E-state index in [9.17, 15) is 13.2 Å². The van der Waals surface area contributed by atoms with Gasteiger partial charge in [0.2, 0.25) is 0 Å². The van der Waals surface area contributed by atoms with Gasteiger partial charge in [0.25, 0.3) is 5.91 Å². The summed E-state index contributed by atoms with van der Waals surface area (Å²) < 4.78 is 37.1. The largest absolute Gasteiger partial charge is 0.338 e. The number of aromatic nitrogens is 2. The monoisotopic (exact) mass is 429 g/mol. The number of para-hydroxylation sites is 2. The lowest BCUT2D eigenvalue weighted by molar-refractivity contribution is 0.0716. The number of benzene rings is 2. The quantitative estimate of drug-likeness (QED) is 0.625. The number of hydrogen-bond acceptors (Lipinski definition) is 6. The topological polar surface area (TPSA) is 86.7 Å². The molecule has 29 heavy (non-hydrogen) atoms. The van der Waals surface area contributed by atoms with Crippen LogP contribution in [-0.2, 0) is 10.2 Å². The molecule has 8 nitrogen and oxygen atoms in total. The van der Waals surface area contributed by atoms with E-state index in [1.54, 1.807) is 24.1 Å². The third kappa shape index (κ3) is 2.85. The van der Waals surface area contributed by atoms with Gasteiger partial charge >= 0.3 is 10.2 Å². The Morgan fingerprint density at radius 1 is 1.03 bits per heavy atom. The van der Waals surface area contributed by atoms with Gasteiger partial charge in [-0.3, -0.25) is 9.10 Å². The first-order valence-corrected chi connectivity index (χ1v) is 11.5. The molecular formula is C19H19N5O3S2. The third-order valence-electron chi connectivity index (χ3n) is 5.64. The van der Waals surface area contributed by atoms with Crippen LogP contribution in [0.5, 0.6) is 0 Å². The number of piperidine rings is 1. The number of anilines is 2. The molecule has 0 radical (unpaired) electrons. The second-order valence-electron chi connectivity index (χ2n) is 7.25. The number of carbonyl (C=O) groups excluding carboxylic acids is 1. The van der Waals surface area contributed by atoms with Gasteiger partial charge in [-0.2, -0.15) is 17.2 Å². The molecular weight excluding hydrogens is 410 g/mol. The van der Waals surface area contributed by atoms with Crippen LogP contribution in [0.25, 0.3) is 11.0 Å². The highest BCUT2D eigenvalue weighted by Gasteiger charge is 2.43. The molecule has 5 rings (SSSR count). The molecule has 0 aliphatic carbocycles. The van der Waals surface area contributed by atoms with Crippen molar-refractivity contribution in [1.29, 1.82) is 0 Å². The molecule has 0 bridgehead atoms. The van der Waals surface area contributed by atoms with E-state index in [2.05, 4.69) is 8.75 Å². The van der Waals surface area contributed by atoms with E-state index < -0.39 is 10.2 Å². The summed E-state index contributed by atoms with van der Waals surface area (Å²) in [5.41, 5.74) is 3.49. The van der Waals surface area contributed by atoms with Crippen molar-refractivity contribution < 1.29 is 13.2 Å². The van der Waals surface area contributed by atoms with Gasteiger partial charge in [-0.25, -0.2) is 4.31 Å². The van der Waals surface area contributed by atoms with Crippen molar-refractivity contribution in [1.82, 2.24) is 13.6 Å². The van der Waals surface area contributed by atoms with Crippen LogP contribution in [-0.4, -0.2) is 54.2 Å². The first kappa shape index (κ1) is 18.3. The van der Waals surface area contributed by atoms with Gasteiger partial charge in [0, 0.05) is 25.7 Å². The summed E-state index contributed by atoms with van der Waals surface area (Å²) in [6.45, 7) is 1.02. The molecule has 1 aromatic heterocycles. The maximum Gasteiger partial charge on any atom is 0.326 e. The highest BCUT2D eigenvalue weighted by atomic mass is 32.2. The molecule has 1 saturated heterocycles. The van der Waals surface area contributed by atoms with E-state index in [1.807, 2.05) is 30.3 Å². The smallest absolute Gasteiger partial charge is 0.326 e. The summed E-state index contributed by atoms with van der Waals surface area (Å²) >= 11 is 1.13. The standard InChI is InChI=1S/C19H19N5O3S2/c1-22-17-4-2-3-5-18(17)24(29(22,26)27)14-8-10-23(11-9-14)19(25)13-6-7-15-16(12-13)21-28-20-15/h2-7,12,14H,8-11H2,1H3. The molecule has 1 amide bonds. The fourth-order valence-corrected chi connectivity index (χ4v) is 6.26. The normalized spacial score (nSPS) is 19.0. The van der Waals surface area contributed by atoms with E-state index in [-0.39, 0.29) is 11.9 Å². The highest BCUT2D eigenvalue weighted by molar-refractivity contribution is 7.94. The zero-order valence-corrected chi connectivity index (χ0v) is 17.4. The summed E-state index contributed by atoms with van der Waals surface area (Å²) in [5.74, 6) is -0.0554. The first-order valence-electron chi connectivity index (χ1n) is 9.36. The van der Waals surface area contributed by atoms with Crippen LogP contribution in [0.1, 0.15) is 23.2 Å². The molecule has 2 aliphatic heterocycles. The minimum absolute atomic E-state index is 0.0554. The summed E-state index contributed by atoms with van der Waals surface area (Å²) in [6, 6.07) is 12.5. The molecule has 0 unspecified atom stereocenters. The zero-order valence-electron chi connectivity index (χ0n) is 15.7. The number of nitrogens with zero attached hydrogens (tertiary/aromatic N) is 5. The molecule has 150 valence electrons. The fraction of sp³-hybridized carbons (Fsp3) is 0.316. The summed E-state index contributed by atoms with van der Waals surface area (Å²) in [6.07, 6.45) is 1.18. The second kappa shape index (κ2) is 6.67. The van der Waals surface area contributed by atoms with Crippen molar-refractivity contribution in [2.24, 2.45) is 0 Å². The number of likely N-dealkylation sites (tertiary alicyclic amines) is 1. The lowest BCUT2D eigenvalue weighted by Gasteiger charge is -2.36. The number of fused-ring (bicyclic) bond motifs is 2. The maximum absolute atomic E-state index is 12.9. The first-order chi connectivity index (χ1) is 14.0. The Balaban J connectivity index is 1.34. The predicted molar refractivity (Wildman–Crippen MR) is 113 cm³/mol. The van der Waals surface area contributed by atoms with Gasteiger partial charge in [0.15, 0.2) is 0 Å². The van der Waals surface area contributed by atoms with E-state index in [0.717, 1.165) is 22.8 Å². The number of carbonyl (C=O) groups is 1. The van der Waals surface area contributed by atoms with Crippen LogP contribution in [0.4, 0.5) is 11.4 Å². The maximum atomic E-state index is 12.9. The number of hydrogen-bond donors (Lipinski definition) is 0. The van der Waals surface area contributed by atoms with Gasteiger partial charge in [-0.1, -0.05) is 12.1 Å². The van der Waals surface area contributed by atoms with Crippen molar-refractivity contribution in [3.05, 3.63) is 48.0 Å². The van der Waals surface area contributed by atoms with Crippen LogP contribution in [0.15, 0.2) is 42.5 Å². The summed E-state index contributed by atoms with van der Waals surface area (Å²) in [5, 5.41) is 0. The van der Waals surface area contributed by atoms with Crippen LogP contribution >= 0.6 is 11.7 Å². The molecule has 2 aliphatic rings. The third-order valence-corrected chi connectivity index (χ3v) is 8.07. The van der Waals surface area contributed by atoms with Crippen LogP contribution in [0, 0.1) is 0 Å². The van der Waals surface area contributed by atoms with Gasteiger partial charge in [-0.05, 0) is 43.2 Å². The molecule has 3 heterocycles. The Morgan fingerprint density at radius 3 is 2.48 bits per heavy atom. The Labute approximate surface area is 172 Å². The van der Waals surface area contributed by atoms with E-state index >= 15 is 0 Å². The van der Waals surface area contributed by atoms with Gasteiger partial charge in [-0.15, -0.1) is 0 Å². The molecule has 0 N–H and O–H groups in total. The van der Waals surface area contributed by atoms with Gasteiger partial charge < -0.3 is 4.90 Å². The predicted octanol–water partition coefficient (Wildman–Crippen LogP) is 2.50. The highest BCUT2D eigenvalue weighted by Crippen LogP contribution is 2.42. The Hall–Kier alpha value is -2.72. The average molecular weight is 430 g/mol. The van der Waals surface area contributed by atoms with Crippen molar-refractivity contribution in [2.75, 3.05) is 28.7 Å². The molecule has 1 fully saturated rings. The Morgan fingerprint density at radius 2 is 1.72 bits per heavy atom. The average Bonchev–Trinajstić information content (AvgIpc) is 3.28. The Kier molecular flexibility index (Phi) is 4.21. The van der Waals surface area contributed by atoms with Crippen LogP contribution < -0.4 is 8.61 Å². The fourth-order valence-electron chi connectivity index (χ4n) is 4.08. The summed E-state index contributed by atoms with van der Waals surface area (Å²) in [7, 11) is -2.00. The van der Waals surface area contributed by atoms with Gasteiger partial charge in [0.05, 0.1) is 29.1 Å². The molecule has 10 heteroatoms. The van der Waals surface area contributed by atoms with E-state index in [4.69, 9.17) is 0 Å². The molecule has 0 saturated carbocycles. The number of amides is 1. The second-order valence-corrected chi connectivity index (χ2v) is 9.62. The van der Waals surface area contributed by atoms with Crippen LogP contribution in [0.3, 0.4) is 0 Å². The van der Waals surface area contributed by atoms with Gasteiger partial charge in [0.1, 0.15) is 11.0 Å². The van der Waals surface area contributed by atoms with E-state index in [1.165, 1.54) is 8.61 Å². The minimum Gasteiger partial charge on any atom is -0.338 e. The lowest BCUT2D eigenvalue weighted by Crippen LogP contribution is -2.49. The van der Waals surface area contributed by atoms with Crippen LogP contribution in [0.2, 0.25) is 0 Å².